The third-order valence-corrected chi connectivity index (χ3v) is 4.29. The maximum Gasteiger partial charge on any atom is 0.275 e. The highest BCUT2D eigenvalue weighted by molar-refractivity contribution is 7.19. The second-order valence-corrected chi connectivity index (χ2v) is 5.77. The van der Waals surface area contributed by atoms with Crippen molar-refractivity contribution in [3.8, 4) is 21.8 Å². The largest absolute Gasteiger partial charge is 0.275 e. The van der Waals surface area contributed by atoms with Gasteiger partial charge in [-0.05, 0) is 0 Å². The van der Waals surface area contributed by atoms with Gasteiger partial charge in [0.25, 0.3) is 5.56 Å². The van der Waals surface area contributed by atoms with E-state index in [1.165, 1.54) is 21.9 Å². The number of benzene rings is 2. The molecule has 22 heavy (non-hydrogen) atoms. The van der Waals surface area contributed by atoms with Gasteiger partial charge in [0.2, 0.25) is 4.96 Å². The third kappa shape index (κ3) is 2.21. The number of fused-ring (bicyclic) bond motifs is 1. The molecule has 0 saturated heterocycles. The van der Waals surface area contributed by atoms with Gasteiger partial charge in [-0.3, -0.25) is 4.79 Å². The van der Waals surface area contributed by atoms with Crippen LogP contribution in [-0.2, 0) is 0 Å². The molecule has 0 aliphatic rings. The topological polar surface area (TPSA) is 47.3 Å². The molecule has 0 aliphatic carbocycles. The molecule has 106 valence electrons. The van der Waals surface area contributed by atoms with Crippen LogP contribution in [0, 0.1) is 0 Å². The molecule has 0 atom stereocenters. The Hall–Kier alpha value is -2.79. The lowest BCUT2D eigenvalue weighted by Gasteiger charge is -1.99. The number of hydrogen-bond donors (Lipinski definition) is 0. The van der Waals surface area contributed by atoms with Crippen molar-refractivity contribution in [1.82, 2.24) is 14.6 Å². The van der Waals surface area contributed by atoms with E-state index in [9.17, 15) is 4.79 Å². The molecule has 0 bridgehead atoms. The summed E-state index contributed by atoms with van der Waals surface area (Å²) in [7, 11) is 0. The van der Waals surface area contributed by atoms with E-state index in [0.717, 1.165) is 16.1 Å². The molecule has 4 nitrogen and oxygen atoms in total. The lowest BCUT2D eigenvalue weighted by Crippen LogP contribution is -2.14. The summed E-state index contributed by atoms with van der Waals surface area (Å²) in [5.74, 6) is 0. The molecule has 2 aromatic heterocycles. The highest BCUT2D eigenvalue weighted by atomic mass is 32.1. The van der Waals surface area contributed by atoms with Crippen LogP contribution in [0.5, 0.6) is 0 Å². The molecular formula is C17H11N3OS. The van der Waals surface area contributed by atoms with Crippen LogP contribution in [0.4, 0.5) is 0 Å². The van der Waals surface area contributed by atoms with Crippen LogP contribution < -0.4 is 5.56 Å². The zero-order valence-electron chi connectivity index (χ0n) is 11.5. The minimum atomic E-state index is -0.165. The molecule has 0 unspecified atom stereocenters. The zero-order valence-corrected chi connectivity index (χ0v) is 12.3. The van der Waals surface area contributed by atoms with Gasteiger partial charge in [-0.1, -0.05) is 72.0 Å². The molecule has 0 N–H and O–H groups in total. The molecule has 2 heterocycles. The van der Waals surface area contributed by atoms with Crippen LogP contribution in [0.2, 0.25) is 0 Å². The summed E-state index contributed by atoms with van der Waals surface area (Å²) in [4.78, 5) is 17.5. The number of rotatable bonds is 2. The van der Waals surface area contributed by atoms with Gasteiger partial charge >= 0.3 is 0 Å². The Balaban J connectivity index is 1.91. The van der Waals surface area contributed by atoms with Gasteiger partial charge in [-0.15, -0.1) is 0 Å². The minimum Gasteiger partial charge on any atom is -0.267 e. The fraction of sp³-hybridized carbons (Fsp3) is 0. The van der Waals surface area contributed by atoms with Crippen molar-refractivity contribution in [2.45, 2.75) is 0 Å². The van der Waals surface area contributed by atoms with Gasteiger partial charge in [-0.25, -0.2) is 4.98 Å². The normalized spacial score (nSPS) is 10.9. The van der Waals surface area contributed by atoms with E-state index in [-0.39, 0.29) is 5.56 Å². The Morgan fingerprint density at radius 1 is 0.864 bits per heavy atom. The van der Waals surface area contributed by atoms with Crippen molar-refractivity contribution in [2.75, 3.05) is 0 Å². The van der Waals surface area contributed by atoms with Crippen molar-refractivity contribution in [1.29, 1.82) is 0 Å². The standard InChI is InChI=1S/C17H11N3OS/c21-15-11-14(12-7-3-1-4-8-12)18-17-20(15)19-16(22-17)13-9-5-2-6-10-13/h1-11H. The highest BCUT2D eigenvalue weighted by Gasteiger charge is 2.11. The van der Waals surface area contributed by atoms with Gasteiger partial charge in [0.1, 0.15) is 5.01 Å². The molecule has 0 spiro atoms. The van der Waals surface area contributed by atoms with E-state index < -0.39 is 0 Å². The first-order chi connectivity index (χ1) is 10.8. The van der Waals surface area contributed by atoms with E-state index in [4.69, 9.17) is 0 Å². The van der Waals surface area contributed by atoms with E-state index in [2.05, 4.69) is 10.1 Å². The Kier molecular flexibility index (Phi) is 3.05. The average Bonchev–Trinajstić information content (AvgIpc) is 3.01. The predicted octanol–water partition coefficient (Wildman–Crippen LogP) is 3.49. The molecule has 0 radical (unpaired) electrons. The molecule has 0 amide bonds. The van der Waals surface area contributed by atoms with Crippen molar-refractivity contribution in [2.24, 2.45) is 0 Å². The quantitative estimate of drug-likeness (QED) is 0.569. The lowest BCUT2D eigenvalue weighted by molar-refractivity contribution is 0.905. The smallest absolute Gasteiger partial charge is 0.267 e. The SMILES string of the molecule is O=c1cc(-c2ccccc2)nc2sc(-c3ccccc3)nn12. The van der Waals surface area contributed by atoms with Crippen molar-refractivity contribution in [3.63, 3.8) is 0 Å². The van der Waals surface area contributed by atoms with Crippen LogP contribution in [0.25, 0.3) is 26.8 Å². The molecule has 4 aromatic rings. The Bertz CT molecular complexity index is 991. The van der Waals surface area contributed by atoms with Crippen LogP contribution in [0.3, 0.4) is 0 Å². The van der Waals surface area contributed by atoms with Gasteiger partial charge in [0.05, 0.1) is 5.69 Å². The number of aromatic nitrogens is 3. The first-order valence-electron chi connectivity index (χ1n) is 6.83. The molecule has 0 saturated carbocycles. The second kappa shape index (κ2) is 5.20. The summed E-state index contributed by atoms with van der Waals surface area (Å²) < 4.78 is 1.36. The molecular weight excluding hydrogens is 294 g/mol. The fourth-order valence-corrected chi connectivity index (χ4v) is 3.18. The van der Waals surface area contributed by atoms with E-state index in [1.54, 1.807) is 0 Å². The Morgan fingerprint density at radius 2 is 1.50 bits per heavy atom. The van der Waals surface area contributed by atoms with Crippen molar-refractivity contribution >= 4 is 16.3 Å². The van der Waals surface area contributed by atoms with Gasteiger partial charge in [0.15, 0.2) is 0 Å². The first kappa shape index (κ1) is 12.9. The maximum absolute atomic E-state index is 12.3. The average molecular weight is 305 g/mol. The lowest BCUT2D eigenvalue weighted by atomic mass is 10.1. The second-order valence-electron chi connectivity index (χ2n) is 4.81. The Morgan fingerprint density at radius 3 is 2.18 bits per heavy atom. The minimum absolute atomic E-state index is 0.165. The summed E-state index contributed by atoms with van der Waals surface area (Å²) in [6.45, 7) is 0. The van der Waals surface area contributed by atoms with Crippen LogP contribution in [-0.4, -0.2) is 14.6 Å². The van der Waals surface area contributed by atoms with Crippen molar-refractivity contribution in [3.05, 3.63) is 77.1 Å². The summed E-state index contributed by atoms with van der Waals surface area (Å²) in [6.07, 6.45) is 0. The molecule has 0 aliphatic heterocycles. The van der Waals surface area contributed by atoms with Crippen molar-refractivity contribution < 1.29 is 0 Å². The maximum atomic E-state index is 12.3. The highest BCUT2D eigenvalue weighted by Crippen LogP contribution is 2.25. The molecule has 2 aromatic carbocycles. The van der Waals surface area contributed by atoms with Gasteiger partial charge in [0, 0.05) is 17.2 Å². The number of hydrogen-bond acceptors (Lipinski definition) is 4. The van der Waals surface area contributed by atoms with E-state index >= 15 is 0 Å². The van der Waals surface area contributed by atoms with Gasteiger partial charge < -0.3 is 0 Å². The van der Waals surface area contributed by atoms with Crippen LogP contribution in [0.1, 0.15) is 0 Å². The fourth-order valence-electron chi connectivity index (χ4n) is 2.27. The summed E-state index contributed by atoms with van der Waals surface area (Å²) in [6, 6.07) is 21.0. The van der Waals surface area contributed by atoms with E-state index in [1.807, 2.05) is 60.7 Å². The predicted molar refractivity (Wildman–Crippen MR) is 88.0 cm³/mol. The molecule has 5 heteroatoms. The Labute approximate surface area is 130 Å². The third-order valence-electron chi connectivity index (χ3n) is 3.34. The number of nitrogens with zero attached hydrogens (tertiary/aromatic N) is 3. The zero-order chi connectivity index (χ0) is 14.9. The van der Waals surface area contributed by atoms with Crippen LogP contribution in [0.15, 0.2) is 71.5 Å². The van der Waals surface area contributed by atoms with E-state index in [0.29, 0.717) is 10.7 Å². The molecule has 0 fully saturated rings. The summed E-state index contributed by atoms with van der Waals surface area (Å²) in [5, 5.41) is 5.16. The molecule has 4 rings (SSSR count). The van der Waals surface area contributed by atoms with Crippen LogP contribution >= 0.6 is 11.3 Å². The summed E-state index contributed by atoms with van der Waals surface area (Å²) in [5.41, 5.74) is 2.42. The first-order valence-corrected chi connectivity index (χ1v) is 7.65. The summed E-state index contributed by atoms with van der Waals surface area (Å²) >= 11 is 1.41. The van der Waals surface area contributed by atoms with Gasteiger partial charge in [-0.2, -0.15) is 9.61 Å². The monoisotopic (exact) mass is 305 g/mol.